The predicted octanol–water partition coefficient (Wildman–Crippen LogP) is 4.98. The molecule has 1 heterocycles. The van der Waals surface area contributed by atoms with Gasteiger partial charge in [-0.05, 0) is 39.7 Å². The van der Waals surface area contributed by atoms with Gasteiger partial charge in [0.25, 0.3) is 0 Å². The second kappa shape index (κ2) is 9.73. The molecule has 0 bridgehead atoms. The molecule has 0 unspecified atom stereocenters. The van der Waals surface area contributed by atoms with Crippen molar-refractivity contribution in [1.29, 1.82) is 0 Å². The standard InChI is InChI=1S/C21H27N3O4/c1-6-19(22-13(2)16(5)25)20-18(15(4)24-28-20)12-27-21(26)23-14(3)17-10-8-7-9-11-17/h7-11,14,25H,6,12H2,1-5H3,(H,23,26)/b16-13+,22-19?/t14-/m1/s1. The number of aliphatic hydroxyl groups excluding tert-OH is 1. The summed E-state index contributed by atoms with van der Waals surface area (Å²) in [5, 5.41) is 16.4. The van der Waals surface area contributed by atoms with Gasteiger partial charge in [0.15, 0.2) is 5.76 Å². The van der Waals surface area contributed by atoms with Crippen molar-refractivity contribution in [2.24, 2.45) is 4.99 Å². The zero-order valence-electron chi connectivity index (χ0n) is 16.9. The molecule has 0 aliphatic heterocycles. The van der Waals surface area contributed by atoms with Gasteiger partial charge in [-0.3, -0.25) is 4.99 Å². The zero-order chi connectivity index (χ0) is 20.7. The molecule has 0 saturated heterocycles. The number of aromatic nitrogens is 1. The highest BCUT2D eigenvalue weighted by atomic mass is 16.5. The SMILES string of the molecule is CCC(=N/C(C)=C(\C)O)c1onc(C)c1COC(=O)N[C@H](C)c1ccccc1. The number of benzene rings is 1. The van der Waals surface area contributed by atoms with E-state index >= 15 is 0 Å². The van der Waals surface area contributed by atoms with Crippen molar-refractivity contribution in [1.82, 2.24) is 10.5 Å². The summed E-state index contributed by atoms with van der Waals surface area (Å²) in [5.74, 6) is 0.596. The van der Waals surface area contributed by atoms with Gasteiger partial charge in [-0.2, -0.15) is 0 Å². The summed E-state index contributed by atoms with van der Waals surface area (Å²) in [6.07, 6.45) is 0.0453. The fourth-order valence-electron chi connectivity index (χ4n) is 2.54. The molecule has 150 valence electrons. The summed E-state index contributed by atoms with van der Waals surface area (Å²) in [4.78, 5) is 16.6. The quantitative estimate of drug-likeness (QED) is 0.517. The first-order valence-electron chi connectivity index (χ1n) is 9.21. The van der Waals surface area contributed by atoms with Crippen LogP contribution in [0.1, 0.15) is 62.7 Å². The van der Waals surface area contributed by atoms with E-state index < -0.39 is 6.09 Å². The van der Waals surface area contributed by atoms with E-state index in [0.29, 0.717) is 34.8 Å². The monoisotopic (exact) mass is 385 g/mol. The molecule has 0 saturated carbocycles. The van der Waals surface area contributed by atoms with Crippen molar-refractivity contribution in [3.05, 3.63) is 64.4 Å². The van der Waals surface area contributed by atoms with Crippen molar-refractivity contribution in [2.45, 2.75) is 53.7 Å². The number of carbonyl (C=O) groups is 1. The molecule has 0 radical (unpaired) electrons. The van der Waals surface area contributed by atoms with Crippen LogP contribution in [0.2, 0.25) is 0 Å². The maximum Gasteiger partial charge on any atom is 0.407 e. The van der Waals surface area contributed by atoms with E-state index in [1.54, 1.807) is 20.8 Å². The van der Waals surface area contributed by atoms with Gasteiger partial charge in [-0.25, -0.2) is 4.79 Å². The van der Waals surface area contributed by atoms with Gasteiger partial charge < -0.3 is 19.7 Å². The largest absolute Gasteiger partial charge is 0.511 e. The molecule has 2 N–H and O–H groups in total. The molecule has 0 aliphatic rings. The lowest BCUT2D eigenvalue weighted by Crippen LogP contribution is -2.27. The fourth-order valence-corrected chi connectivity index (χ4v) is 2.54. The number of amides is 1. The predicted molar refractivity (Wildman–Crippen MR) is 107 cm³/mol. The van der Waals surface area contributed by atoms with Gasteiger partial charge in [0, 0.05) is 0 Å². The second-order valence-corrected chi connectivity index (χ2v) is 6.51. The Hall–Kier alpha value is -3.09. The van der Waals surface area contributed by atoms with Gasteiger partial charge in [0.1, 0.15) is 12.4 Å². The molecule has 1 aromatic heterocycles. The number of hydrogen-bond acceptors (Lipinski definition) is 6. The van der Waals surface area contributed by atoms with Crippen LogP contribution >= 0.6 is 0 Å². The van der Waals surface area contributed by atoms with Crippen molar-refractivity contribution in [3.63, 3.8) is 0 Å². The Morgan fingerprint density at radius 2 is 2.00 bits per heavy atom. The van der Waals surface area contributed by atoms with Crippen LogP contribution in [0.3, 0.4) is 0 Å². The number of nitrogens with zero attached hydrogens (tertiary/aromatic N) is 2. The Balaban J connectivity index is 2.10. The van der Waals surface area contributed by atoms with E-state index in [2.05, 4.69) is 15.5 Å². The van der Waals surface area contributed by atoms with E-state index in [4.69, 9.17) is 9.26 Å². The Labute approximate surface area is 165 Å². The molecule has 1 aromatic carbocycles. The van der Waals surface area contributed by atoms with Gasteiger partial charge in [0.2, 0.25) is 0 Å². The molecule has 2 rings (SSSR count). The minimum atomic E-state index is -0.528. The number of nitrogens with one attached hydrogen (secondary N) is 1. The number of rotatable bonds is 7. The molecule has 0 aliphatic carbocycles. The molecule has 28 heavy (non-hydrogen) atoms. The number of alkyl carbamates (subject to hydrolysis) is 1. The number of carbonyl (C=O) groups excluding carboxylic acids is 1. The third kappa shape index (κ3) is 5.45. The maximum atomic E-state index is 12.2. The summed E-state index contributed by atoms with van der Waals surface area (Å²) in [6, 6.07) is 9.47. The van der Waals surface area contributed by atoms with Crippen LogP contribution in [0.4, 0.5) is 4.79 Å². The Bertz CT molecular complexity index is 865. The molecule has 7 heteroatoms. The minimum absolute atomic E-state index is 0.0118. The number of ether oxygens (including phenoxy) is 1. The zero-order valence-corrected chi connectivity index (χ0v) is 16.9. The van der Waals surface area contributed by atoms with Crippen molar-refractivity contribution in [3.8, 4) is 0 Å². The first-order valence-corrected chi connectivity index (χ1v) is 9.21. The van der Waals surface area contributed by atoms with E-state index in [-0.39, 0.29) is 18.4 Å². The highest BCUT2D eigenvalue weighted by Crippen LogP contribution is 2.19. The molecule has 2 aromatic rings. The average Bonchev–Trinajstić information content (AvgIpc) is 3.05. The Morgan fingerprint density at radius 3 is 2.61 bits per heavy atom. The van der Waals surface area contributed by atoms with Crippen LogP contribution in [0.25, 0.3) is 0 Å². The molecule has 1 atom stereocenters. The van der Waals surface area contributed by atoms with Crippen molar-refractivity contribution in [2.75, 3.05) is 0 Å². The van der Waals surface area contributed by atoms with Crippen LogP contribution in [-0.4, -0.2) is 22.1 Å². The number of aryl methyl sites for hydroxylation is 1. The Kier molecular flexibility index (Phi) is 7.37. The number of hydrogen-bond donors (Lipinski definition) is 2. The molecular weight excluding hydrogens is 358 g/mol. The summed E-state index contributed by atoms with van der Waals surface area (Å²) in [7, 11) is 0. The molecule has 0 fully saturated rings. The van der Waals surface area contributed by atoms with Crippen LogP contribution in [0.5, 0.6) is 0 Å². The molecule has 0 spiro atoms. The average molecular weight is 385 g/mol. The first kappa shape index (κ1) is 21.2. The number of allylic oxidation sites excluding steroid dienone is 2. The summed E-state index contributed by atoms with van der Waals surface area (Å²) in [5.41, 5.74) is 3.40. The molecular formula is C21H27N3O4. The smallest absolute Gasteiger partial charge is 0.407 e. The van der Waals surface area contributed by atoms with E-state index in [0.717, 1.165) is 5.56 Å². The van der Waals surface area contributed by atoms with Gasteiger partial charge in [-0.15, -0.1) is 0 Å². The highest BCUT2D eigenvalue weighted by molar-refractivity contribution is 5.99. The highest BCUT2D eigenvalue weighted by Gasteiger charge is 2.20. The van der Waals surface area contributed by atoms with E-state index in [1.807, 2.05) is 44.2 Å². The molecule has 1 amide bonds. The third-order valence-electron chi connectivity index (χ3n) is 4.39. The molecule has 7 nitrogen and oxygen atoms in total. The van der Waals surface area contributed by atoms with Crippen LogP contribution in [0, 0.1) is 6.92 Å². The summed E-state index contributed by atoms with van der Waals surface area (Å²) < 4.78 is 10.8. The van der Waals surface area contributed by atoms with Crippen molar-refractivity contribution < 1.29 is 19.2 Å². The topological polar surface area (TPSA) is 97.0 Å². The lowest BCUT2D eigenvalue weighted by atomic mass is 10.1. The first-order chi connectivity index (χ1) is 13.3. The lowest BCUT2D eigenvalue weighted by Gasteiger charge is -2.14. The van der Waals surface area contributed by atoms with Gasteiger partial charge >= 0.3 is 6.09 Å². The summed E-state index contributed by atoms with van der Waals surface area (Å²) in [6.45, 7) is 8.89. The van der Waals surface area contributed by atoms with Gasteiger partial charge in [-0.1, -0.05) is 42.4 Å². The van der Waals surface area contributed by atoms with Crippen LogP contribution in [-0.2, 0) is 11.3 Å². The lowest BCUT2D eigenvalue weighted by molar-refractivity contribution is 0.136. The maximum absolute atomic E-state index is 12.2. The number of aliphatic hydroxyl groups is 1. The van der Waals surface area contributed by atoms with Crippen LogP contribution in [0.15, 0.2) is 51.3 Å². The second-order valence-electron chi connectivity index (χ2n) is 6.51. The summed E-state index contributed by atoms with van der Waals surface area (Å²) >= 11 is 0. The van der Waals surface area contributed by atoms with Crippen molar-refractivity contribution >= 4 is 11.8 Å². The fraction of sp³-hybridized carbons (Fsp3) is 0.381. The van der Waals surface area contributed by atoms with Gasteiger partial charge in [0.05, 0.1) is 28.7 Å². The normalized spacial score (nSPS) is 13.7. The third-order valence-corrected chi connectivity index (χ3v) is 4.39. The Morgan fingerprint density at radius 1 is 1.32 bits per heavy atom. The van der Waals surface area contributed by atoms with Crippen LogP contribution < -0.4 is 5.32 Å². The van der Waals surface area contributed by atoms with E-state index in [9.17, 15) is 9.90 Å². The number of aliphatic imine (C=N–C) groups is 1. The minimum Gasteiger partial charge on any atom is -0.511 e. The van der Waals surface area contributed by atoms with E-state index in [1.165, 1.54) is 0 Å².